The number of amides is 1. The first-order valence-corrected chi connectivity index (χ1v) is 8.33. The van der Waals surface area contributed by atoms with Gasteiger partial charge < -0.3 is 14.7 Å². The predicted octanol–water partition coefficient (Wildman–Crippen LogP) is 3.23. The summed E-state index contributed by atoms with van der Waals surface area (Å²) in [5.74, 6) is -0.199. The maximum atomic E-state index is 12.6. The molecule has 1 aliphatic carbocycles. The molecule has 130 valence electrons. The third-order valence-electron chi connectivity index (χ3n) is 4.64. The normalized spacial score (nSPS) is 15.5. The topological polar surface area (TPSA) is 66.8 Å². The van der Waals surface area contributed by atoms with Crippen LogP contribution in [0, 0.1) is 0 Å². The van der Waals surface area contributed by atoms with Crippen molar-refractivity contribution in [2.75, 3.05) is 18.6 Å². The molecule has 5 nitrogen and oxygen atoms in total. The van der Waals surface area contributed by atoms with Gasteiger partial charge in [-0.1, -0.05) is 24.3 Å². The molecule has 0 spiro atoms. The van der Waals surface area contributed by atoms with E-state index in [2.05, 4.69) is 12.1 Å². The molecule has 1 amide bonds. The molecule has 0 heterocycles. The van der Waals surface area contributed by atoms with Crippen LogP contribution in [0.3, 0.4) is 0 Å². The minimum Gasteiger partial charge on any atom is -0.482 e. The number of rotatable bonds is 6. The van der Waals surface area contributed by atoms with E-state index in [0.717, 1.165) is 18.5 Å². The summed E-state index contributed by atoms with van der Waals surface area (Å²) in [5.41, 5.74) is 3.41. The highest BCUT2D eigenvalue weighted by atomic mass is 16.5. The lowest BCUT2D eigenvalue weighted by Gasteiger charge is -2.20. The van der Waals surface area contributed by atoms with Crippen molar-refractivity contribution in [3.63, 3.8) is 0 Å². The molecule has 0 fully saturated rings. The molecule has 0 aromatic heterocycles. The Morgan fingerprint density at radius 3 is 2.60 bits per heavy atom. The highest BCUT2D eigenvalue weighted by molar-refractivity contribution is 5.93. The molecule has 0 aliphatic heterocycles. The number of carbonyl (C=O) groups is 2. The molecule has 5 heteroatoms. The monoisotopic (exact) mass is 339 g/mol. The summed E-state index contributed by atoms with van der Waals surface area (Å²) in [6.45, 7) is -0.380. The molecule has 1 atom stereocenters. The Kier molecular flexibility index (Phi) is 5.03. The molecule has 0 bridgehead atoms. The number of hydrogen-bond donors (Lipinski definition) is 1. The summed E-state index contributed by atoms with van der Waals surface area (Å²) >= 11 is 0. The number of nitrogens with zero attached hydrogens (tertiary/aromatic N) is 1. The van der Waals surface area contributed by atoms with Gasteiger partial charge in [0.05, 0.1) is 0 Å². The average Bonchev–Trinajstić information content (AvgIpc) is 3.03. The van der Waals surface area contributed by atoms with Crippen molar-refractivity contribution in [3.05, 3.63) is 59.7 Å². The molecule has 1 unspecified atom stereocenters. The van der Waals surface area contributed by atoms with Crippen LogP contribution in [0.2, 0.25) is 0 Å². The maximum Gasteiger partial charge on any atom is 0.341 e. The zero-order valence-electron chi connectivity index (χ0n) is 14.1. The fraction of sp³-hybridized carbons (Fsp3) is 0.300. The van der Waals surface area contributed by atoms with E-state index in [1.165, 1.54) is 11.1 Å². The van der Waals surface area contributed by atoms with Crippen LogP contribution in [0.15, 0.2) is 48.5 Å². The Hall–Kier alpha value is -2.82. The summed E-state index contributed by atoms with van der Waals surface area (Å²) in [7, 11) is 1.76. The van der Waals surface area contributed by atoms with E-state index < -0.39 is 5.97 Å². The Morgan fingerprint density at radius 2 is 1.88 bits per heavy atom. The number of aliphatic carboxylic acids is 1. The molecule has 2 aromatic rings. The number of carbonyl (C=O) groups excluding carboxylic acids is 1. The highest BCUT2D eigenvalue weighted by Crippen LogP contribution is 2.35. The average molecular weight is 339 g/mol. The molecule has 0 saturated heterocycles. The predicted molar refractivity (Wildman–Crippen MR) is 95.1 cm³/mol. The number of benzene rings is 2. The van der Waals surface area contributed by atoms with Gasteiger partial charge in [0.2, 0.25) is 5.91 Å². The molecule has 0 radical (unpaired) electrons. The van der Waals surface area contributed by atoms with Gasteiger partial charge in [-0.15, -0.1) is 0 Å². The van der Waals surface area contributed by atoms with Gasteiger partial charge in [0.1, 0.15) is 5.75 Å². The van der Waals surface area contributed by atoms with Crippen molar-refractivity contribution in [1.29, 1.82) is 0 Å². The van der Waals surface area contributed by atoms with Crippen molar-refractivity contribution >= 4 is 17.6 Å². The van der Waals surface area contributed by atoms with E-state index in [1.807, 2.05) is 12.1 Å². The fourth-order valence-corrected chi connectivity index (χ4v) is 3.26. The zero-order valence-corrected chi connectivity index (χ0v) is 14.1. The molecule has 0 saturated carbocycles. The molecular weight excluding hydrogens is 318 g/mol. The number of aryl methyl sites for hydroxylation is 1. The number of hydrogen-bond acceptors (Lipinski definition) is 3. The van der Waals surface area contributed by atoms with Crippen LogP contribution in [0.5, 0.6) is 5.75 Å². The van der Waals surface area contributed by atoms with Gasteiger partial charge in [0.15, 0.2) is 6.61 Å². The molecular formula is C20H21NO4. The van der Waals surface area contributed by atoms with Crippen LogP contribution in [0.1, 0.15) is 29.9 Å². The highest BCUT2D eigenvalue weighted by Gasteiger charge is 2.25. The molecule has 3 rings (SSSR count). The standard InChI is InChI=1S/C20H21NO4/c1-21(16-8-10-17(11-9-16)25-13-20(23)24)19(22)12-15-7-6-14-4-2-3-5-18(14)15/h2-5,8-11,15H,6-7,12-13H2,1H3,(H,23,24). The van der Waals surface area contributed by atoms with Crippen LogP contribution in [0.4, 0.5) is 5.69 Å². The van der Waals surface area contributed by atoms with E-state index in [1.54, 1.807) is 36.2 Å². The molecule has 25 heavy (non-hydrogen) atoms. The Labute approximate surface area is 146 Å². The van der Waals surface area contributed by atoms with E-state index >= 15 is 0 Å². The first-order chi connectivity index (χ1) is 12.0. The van der Waals surface area contributed by atoms with Crippen LogP contribution < -0.4 is 9.64 Å². The number of fused-ring (bicyclic) bond motifs is 1. The number of carboxylic acid groups (broad SMARTS) is 1. The van der Waals surface area contributed by atoms with Gasteiger partial charge in [-0.3, -0.25) is 4.79 Å². The Bertz CT molecular complexity index is 770. The van der Waals surface area contributed by atoms with Gasteiger partial charge in [-0.2, -0.15) is 0 Å². The van der Waals surface area contributed by atoms with Crippen molar-refractivity contribution < 1.29 is 19.4 Å². The largest absolute Gasteiger partial charge is 0.482 e. The number of anilines is 1. The summed E-state index contributed by atoms with van der Waals surface area (Å²) in [6, 6.07) is 15.2. The summed E-state index contributed by atoms with van der Waals surface area (Å²) in [5, 5.41) is 8.62. The molecule has 2 aromatic carbocycles. The van der Waals surface area contributed by atoms with Crippen molar-refractivity contribution in [2.45, 2.75) is 25.2 Å². The van der Waals surface area contributed by atoms with Crippen LogP contribution in [-0.4, -0.2) is 30.6 Å². The van der Waals surface area contributed by atoms with E-state index in [9.17, 15) is 9.59 Å². The maximum absolute atomic E-state index is 12.6. The number of ether oxygens (including phenoxy) is 1. The van der Waals surface area contributed by atoms with Crippen molar-refractivity contribution in [1.82, 2.24) is 0 Å². The van der Waals surface area contributed by atoms with E-state index in [0.29, 0.717) is 12.2 Å². The Morgan fingerprint density at radius 1 is 1.16 bits per heavy atom. The summed E-state index contributed by atoms with van der Waals surface area (Å²) < 4.78 is 5.11. The van der Waals surface area contributed by atoms with Gasteiger partial charge in [0, 0.05) is 19.2 Å². The second-order valence-electron chi connectivity index (χ2n) is 6.27. The van der Waals surface area contributed by atoms with Crippen LogP contribution in [0.25, 0.3) is 0 Å². The lowest BCUT2D eigenvalue weighted by molar-refractivity contribution is -0.139. The first kappa shape index (κ1) is 17.0. The van der Waals surface area contributed by atoms with E-state index in [-0.39, 0.29) is 18.4 Å². The Balaban J connectivity index is 1.62. The fourth-order valence-electron chi connectivity index (χ4n) is 3.26. The van der Waals surface area contributed by atoms with Crippen molar-refractivity contribution in [3.8, 4) is 5.75 Å². The molecule has 1 N–H and O–H groups in total. The van der Waals surface area contributed by atoms with E-state index in [4.69, 9.17) is 9.84 Å². The lowest BCUT2D eigenvalue weighted by atomic mass is 9.97. The summed E-state index contributed by atoms with van der Waals surface area (Å²) in [6.07, 6.45) is 2.54. The zero-order chi connectivity index (χ0) is 17.8. The van der Waals surface area contributed by atoms with Gasteiger partial charge >= 0.3 is 5.97 Å². The third kappa shape index (κ3) is 3.99. The van der Waals surface area contributed by atoms with Crippen LogP contribution in [-0.2, 0) is 16.0 Å². The van der Waals surface area contributed by atoms with Crippen molar-refractivity contribution in [2.24, 2.45) is 0 Å². The second-order valence-corrected chi connectivity index (χ2v) is 6.27. The molecule has 1 aliphatic rings. The minimum absolute atomic E-state index is 0.0703. The second kappa shape index (κ2) is 7.38. The quantitative estimate of drug-likeness (QED) is 0.877. The minimum atomic E-state index is -1.02. The van der Waals surface area contributed by atoms with Gasteiger partial charge in [-0.25, -0.2) is 4.79 Å². The lowest BCUT2D eigenvalue weighted by Crippen LogP contribution is -2.27. The van der Waals surface area contributed by atoms with Crippen LogP contribution >= 0.6 is 0 Å². The first-order valence-electron chi connectivity index (χ1n) is 8.33. The number of carboxylic acids is 1. The SMILES string of the molecule is CN(C(=O)CC1CCc2ccccc21)c1ccc(OCC(=O)O)cc1. The summed E-state index contributed by atoms with van der Waals surface area (Å²) in [4.78, 5) is 24.8. The third-order valence-corrected chi connectivity index (χ3v) is 4.64. The smallest absolute Gasteiger partial charge is 0.341 e. The van der Waals surface area contributed by atoms with Gasteiger partial charge in [-0.05, 0) is 54.2 Å². The van der Waals surface area contributed by atoms with Gasteiger partial charge in [0.25, 0.3) is 0 Å².